The minimum atomic E-state index is -5.05. The number of halogens is 3. The van der Waals surface area contributed by atoms with Gasteiger partial charge in [0.2, 0.25) is 0 Å². The van der Waals surface area contributed by atoms with Crippen LogP contribution in [0.3, 0.4) is 0 Å². The van der Waals surface area contributed by atoms with Crippen molar-refractivity contribution < 1.29 is 27.9 Å². The number of ketones is 1. The molecule has 0 aliphatic rings. The van der Waals surface area contributed by atoms with Gasteiger partial charge in [0.15, 0.2) is 0 Å². The molecule has 18 heavy (non-hydrogen) atoms. The van der Waals surface area contributed by atoms with E-state index in [0.717, 1.165) is 6.07 Å². The largest absolute Gasteiger partial charge is 0.478 e. The van der Waals surface area contributed by atoms with E-state index in [2.05, 4.69) is 0 Å². The van der Waals surface area contributed by atoms with Crippen LogP contribution < -0.4 is 5.73 Å². The van der Waals surface area contributed by atoms with E-state index in [9.17, 15) is 22.8 Å². The minimum Gasteiger partial charge on any atom is -0.478 e. The number of carboxylic acid groups (broad SMARTS) is 1. The average Bonchev–Trinajstić information content (AvgIpc) is 2.26. The van der Waals surface area contributed by atoms with Crippen LogP contribution >= 0.6 is 0 Å². The SMILES string of the molecule is Cc1ccc(C(N)C(=O)C(F)(F)F)cc1C(=O)O. The molecule has 0 aliphatic heterocycles. The standard InChI is InChI=1S/C11H10F3NO3/c1-5-2-3-6(4-7(5)10(17)18)8(15)9(16)11(12,13)14/h2-4,8H,15H2,1H3,(H,17,18). The number of aromatic carboxylic acids is 1. The molecule has 7 heteroatoms. The lowest BCUT2D eigenvalue weighted by Gasteiger charge is -2.14. The summed E-state index contributed by atoms with van der Waals surface area (Å²) in [6.07, 6.45) is -5.05. The molecule has 0 spiro atoms. The molecule has 1 atom stereocenters. The summed E-state index contributed by atoms with van der Waals surface area (Å²) < 4.78 is 36.5. The maximum absolute atomic E-state index is 12.2. The summed E-state index contributed by atoms with van der Waals surface area (Å²) in [5.41, 5.74) is 5.19. The predicted molar refractivity (Wildman–Crippen MR) is 56.1 cm³/mol. The fourth-order valence-corrected chi connectivity index (χ4v) is 1.39. The minimum absolute atomic E-state index is 0.180. The van der Waals surface area contributed by atoms with Crippen LogP contribution in [0.1, 0.15) is 27.5 Å². The summed E-state index contributed by atoms with van der Waals surface area (Å²) in [6, 6.07) is 1.58. The topological polar surface area (TPSA) is 80.4 Å². The molecule has 0 aromatic heterocycles. The predicted octanol–water partition coefficient (Wildman–Crippen LogP) is 1.82. The van der Waals surface area contributed by atoms with Gasteiger partial charge in [-0.15, -0.1) is 0 Å². The summed E-state index contributed by atoms with van der Waals surface area (Å²) in [5, 5.41) is 8.82. The molecule has 0 fully saturated rings. The molecule has 0 saturated carbocycles. The Bertz CT molecular complexity index is 497. The van der Waals surface area contributed by atoms with Gasteiger partial charge in [-0.3, -0.25) is 4.79 Å². The molecule has 0 radical (unpaired) electrons. The van der Waals surface area contributed by atoms with Crippen LogP contribution in [0.15, 0.2) is 18.2 Å². The van der Waals surface area contributed by atoms with Crippen molar-refractivity contribution in [1.29, 1.82) is 0 Å². The van der Waals surface area contributed by atoms with Crippen LogP contribution in [0.2, 0.25) is 0 Å². The molecule has 1 aromatic rings. The number of hydrogen-bond donors (Lipinski definition) is 2. The highest BCUT2D eigenvalue weighted by molar-refractivity contribution is 5.92. The molecule has 0 heterocycles. The molecule has 0 saturated heterocycles. The summed E-state index contributed by atoms with van der Waals surface area (Å²) in [7, 11) is 0. The van der Waals surface area contributed by atoms with Gasteiger partial charge in [0.05, 0.1) is 11.6 Å². The van der Waals surface area contributed by atoms with E-state index in [4.69, 9.17) is 10.8 Å². The van der Waals surface area contributed by atoms with Crippen molar-refractivity contribution in [3.63, 3.8) is 0 Å². The van der Waals surface area contributed by atoms with E-state index in [1.54, 1.807) is 0 Å². The Morgan fingerprint density at radius 2 is 1.89 bits per heavy atom. The Labute approximate surface area is 100 Å². The molecular weight excluding hydrogens is 251 g/mol. The number of carbonyl (C=O) groups excluding carboxylic acids is 1. The summed E-state index contributed by atoms with van der Waals surface area (Å²) in [6.45, 7) is 1.49. The van der Waals surface area contributed by atoms with E-state index in [-0.39, 0.29) is 11.1 Å². The zero-order valence-electron chi connectivity index (χ0n) is 9.28. The van der Waals surface area contributed by atoms with Gasteiger partial charge in [0, 0.05) is 0 Å². The number of carbonyl (C=O) groups is 2. The summed E-state index contributed by atoms with van der Waals surface area (Å²) in [5.74, 6) is -3.40. The lowest BCUT2D eigenvalue weighted by atomic mass is 9.98. The van der Waals surface area contributed by atoms with Crippen LogP contribution in [0.5, 0.6) is 0 Å². The smallest absolute Gasteiger partial charge is 0.452 e. The molecule has 1 aromatic carbocycles. The van der Waals surface area contributed by atoms with Gasteiger partial charge in [-0.05, 0) is 24.1 Å². The van der Waals surface area contributed by atoms with Crippen molar-refractivity contribution in [1.82, 2.24) is 0 Å². The first-order valence-corrected chi connectivity index (χ1v) is 4.85. The van der Waals surface area contributed by atoms with Gasteiger partial charge in [0.25, 0.3) is 5.78 Å². The third kappa shape index (κ3) is 2.86. The molecule has 1 rings (SSSR count). The zero-order chi connectivity index (χ0) is 14.1. The molecule has 0 bridgehead atoms. The number of benzene rings is 1. The highest BCUT2D eigenvalue weighted by atomic mass is 19.4. The second-order valence-electron chi connectivity index (χ2n) is 3.72. The summed E-state index contributed by atoms with van der Waals surface area (Å²) >= 11 is 0. The fourth-order valence-electron chi connectivity index (χ4n) is 1.39. The van der Waals surface area contributed by atoms with E-state index in [1.165, 1.54) is 19.1 Å². The molecule has 0 aliphatic carbocycles. The van der Waals surface area contributed by atoms with Gasteiger partial charge in [0.1, 0.15) is 0 Å². The fraction of sp³-hybridized carbons (Fsp3) is 0.273. The molecule has 98 valence electrons. The van der Waals surface area contributed by atoms with Crippen molar-refractivity contribution in [2.24, 2.45) is 5.73 Å². The van der Waals surface area contributed by atoms with Gasteiger partial charge in [-0.1, -0.05) is 12.1 Å². The maximum atomic E-state index is 12.2. The quantitative estimate of drug-likeness (QED) is 0.869. The van der Waals surface area contributed by atoms with Crippen molar-refractivity contribution in [2.45, 2.75) is 19.1 Å². The number of rotatable bonds is 3. The zero-order valence-corrected chi connectivity index (χ0v) is 9.28. The van der Waals surface area contributed by atoms with Gasteiger partial charge < -0.3 is 10.8 Å². The van der Waals surface area contributed by atoms with E-state index in [1.807, 2.05) is 0 Å². The maximum Gasteiger partial charge on any atom is 0.452 e. The van der Waals surface area contributed by atoms with E-state index >= 15 is 0 Å². The second-order valence-corrected chi connectivity index (χ2v) is 3.72. The first kappa shape index (κ1) is 14.2. The van der Waals surface area contributed by atoms with Crippen LogP contribution in [0.25, 0.3) is 0 Å². The molecular formula is C11H10F3NO3. The molecule has 0 amide bonds. The lowest BCUT2D eigenvalue weighted by molar-refractivity contribution is -0.172. The number of aryl methyl sites for hydroxylation is 1. The first-order chi connectivity index (χ1) is 8.14. The number of carboxylic acids is 1. The number of alkyl halides is 3. The molecule has 3 N–H and O–H groups in total. The average molecular weight is 261 g/mol. The third-order valence-electron chi connectivity index (χ3n) is 2.41. The van der Waals surface area contributed by atoms with Crippen molar-refractivity contribution in [3.05, 3.63) is 34.9 Å². The van der Waals surface area contributed by atoms with Crippen LogP contribution in [0, 0.1) is 6.92 Å². The highest BCUT2D eigenvalue weighted by Gasteiger charge is 2.42. The summed E-state index contributed by atoms with van der Waals surface area (Å²) in [4.78, 5) is 21.7. The number of hydrogen-bond acceptors (Lipinski definition) is 3. The van der Waals surface area contributed by atoms with Crippen LogP contribution in [-0.4, -0.2) is 23.0 Å². The van der Waals surface area contributed by atoms with Crippen LogP contribution in [0.4, 0.5) is 13.2 Å². The first-order valence-electron chi connectivity index (χ1n) is 4.85. The Hall–Kier alpha value is -1.89. The van der Waals surface area contributed by atoms with Crippen molar-refractivity contribution in [2.75, 3.05) is 0 Å². The third-order valence-corrected chi connectivity index (χ3v) is 2.41. The normalized spacial score (nSPS) is 13.2. The highest BCUT2D eigenvalue weighted by Crippen LogP contribution is 2.25. The second kappa shape index (κ2) is 4.77. The lowest BCUT2D eigenvalue weighted by Crippen LogP contribution is -2.34. The van der Waals surface area contributed by atoms with Crippen LogP contribution in [-0.2, 0) is 4.79 Å². The number of nitrogens with two attached hydrogens (primary N) is 1. The Morgan fingerprint density at radius 1 is 1.33 bits per heavy atom. The van der Waals surface area contributed by atoms with Crippen molar-refractivity contribution >= 4 is 11.8 Å². The monoisotopic (exact) mass is 261 g/mol. The Morgan fingerprint density at radius 3 is 2.33 bits per heavy atom. The molecule has 4 nitrogen and oxygen atoms in total. The number of Topliss-reactive ketones (excluding diaryl/α,β-unsaturated/α-hetero) is 1. The van der Waals surface area contributed by atoms with Gasteiger partial charge >= 0.3 is 12.1 Å². The molecule has 1 unspecified atom stereocenters. The van der Waals surface area contributed by atoms with Gasteiger partial charge in [-0.25, -0.2) is 4.79 Å². The van der Waals surface area contributed by atoms with E-state index in [0.29, 0.717) is 5.56 Å². The van der Waals surface area contributed by atoms with Crippen molar-refractivity contribution in [3.8, 4) is 0 Å². The van der Waals surface area contributed by atoms with Gasteiger partial charge in [-0.2, -0.15) is 13.2 Å². The Kier molecular flexibility index (Phi) is 3.76. The Balaban J connectivity index is 3.15. The van der Waals surface area contributed by atoms with E-state index < -0.39 is 24.0 Å².